The molecule has 0 bridgehead atoms. The Hall–Kier alpha value is -2.18. The Labute approximate surface area is 146 Å². The van der Waals surface area contributed by atoms with Crippen molar-refractivity contribution in [1.29, 1.82) is 0 Å². The van der Waals surface area contributed by atoms with Crippen molar-refractivity contribution in [3.63, 3.8) is 0 Å². The molecule has 0 aliphatic heterocycles. The van der Waals surface area contributed by atoms with Crippen molar-refractivity contribution in [3.05, 3.63) is 47.0 Å². The van der Waals surface area contributed by atoms with E-state index in [1.54, 1.807) is 18.4 Å². The van der Waals surface area contributed by atoms with Gasteiger partial charge in [-0.3, -0.25) is 0 Å². The van der Waals surface area contributed by atoms with Crippen LogP contribution < -0.4 is 15.4 Å². The number of aromatic nitrogens is 2. The first-order valence-electron chi connectivity index (χ1n) is 8.00. The predicted octanol–water partition coefficient (Wildman–Crippen LogP) is 3.81. The van der Waals surface area contributed by atoms with E-state index in [-0.39, 0.29) is 0 Å². The van der Waals surface area contributed by atoms with Crippen molar-refractivity contribution in [2.24, 2.45) is 0 Å². The zero-order chi connectivity index (χ0) is 16.9. The largest absolute Gasteiger partial charge is 0.497 e. The van der Waals surface area contributed by atoms with Gasteiger partial charge < -0.3 is 15.4 Å². The van der Waals surface area contributed by atoms with Crippen LogP contribution in [0.25, 0.3) is 10.2 Å². The van der Waals surface area contributed by atoms with Crippen molar-refractivity contribution < 1.29 is 4.74 Å². The van der Waals surface area contributed by atoms with E-state index in [4.69, 9.17) is 4.74 Å². The minimum absolute atomic E-state index is 0.304. The Bertz CT molecular complexity index is 816. The third-order valence-electron chi connectivity index (χ3n) is 3.55. The van der Waals surface area contributed by atoms with E-state index in [1.807, 2.05) is 24.3 Å². The lowest BCUT2D eigenvalue weighted by Crippen LogP contribution is -2.17. The predicted molar refractivity (Wildman–Crippen MR) is 99.7 cm³/mol. The summed E-state index contributed by atoms with van der Waals surface area (Å²) in [7, 11) is 1.68. The topological polar surface area (TPSA) is 59.1 Å². The number of nitrogens with one attached hydrogen (secondary N) is 2. The number of anilines is 1. The Balaban J connectivity index is 1.72. The highest BCUT2D eigenvalue weighted by molar-refractivity contribution is 7.17. The minimum atomic E-state index is 0.304. The lowest BCUT2D eigenvalue weighted by atomic mass is 10.2. The van der Waals surface area contributed by atoms with Crippen LogP contribution in [0.2, 0.25) is 0 Å². The standard InChI is InChI=1S/C18H22N4OS/c1-12(2)20-18-21-15-7-8-24-17(15)16(22-18)11-19-10-13-5-4-6-14(9-13)23-3/h4-9,12,19H,10-11H2,1-3H3,(H,20,21,22). The third kappa shape index (κ3) is 4.01. The maximum atomic E-state index is 5.26. The highest BCUT2D eigenvalue weighted by Gasteiger charge is 2.09. The van der Waals surface area contributed by atoms with Gasteiger partial charge in [0, 0.05) is 19.1 Å². The van der Waals surface area contributed by atoms with Crippen LogP contribution in [0.3, 0.4) is 0 Å². The molecule has 0 saturated carbocycles. The van der Waals surface area contributed by atoms with E-state index in [0.29, 0.717) is 18.5 Å². The Kier molecular flexibility index (Phi) is 5.27. The number of thiophene rings is 1. The number of rotatable bonds is 7. The summed E-state index contributed by atoms with van der Waals surface area (Å²) in [6, 6.07) is 10.4. The van der Waals surface area contributed by atoms with Gasteiger partial charge in [0.25, 0.3) is 0 Å². The molecule has 0 unspecified atom stereocenters. The molecule has 0 fully saturated rings. The highest BCUT2D eigenvalue weighted by atomic mass is 32.1. The first kappa shape index (κ1) is 16.7. The molecule has 0 saturated heterocycles. The smallest absolute Gasteiger partial charge is 0.223 e. The number of hydrogen-bond acceptors (Lipinski definition) is 6. The number of nitrogens with zero attached hydrogens (tertiary/aromatic N) is 2. The first-order chi connectivity index (χ1) is 11.7. The lowest BCUT2D eigenvalue weighted by Gasteiger charge is -2.11. The molecule has 2 N–H and O–H groups in total. The van der Waals surface area contributed by atoms with Gasteiger partial charge in [-0.1, -0.05) is 12.1 Å². The SMILES string of the molecule is COc1cccc(CNCc2nc(NC(C)C)nc3ccsc23)c1. The minimum Gasteiger partial charge on any atom is -0.497 e. The third-order valence-corrected chi connectivity index (χ3v) is 4.50. The fraction of sp³-hybridized carbons (Fsp3) is 0.333. The van der Waals surface area contributed by atoms with Crippen molar-refractivity contribution in [2.45, 2.75) is 33.0 Å². The number of fused-ring (bicyclic) bond motifs is 1. The van der Waals surface area contributed by atoms with Crippen LogP contribution in [0.4, 0.5) is 5.95 Å². The normalized spacial score (nSPS) is 11.2. The van der Waals surface area contributed by atoms with Crippen molar-refractivity contribution in [2.75, 3.05) is 12.4 Å². The monoisotopic (exact) mass is 342 g/mol. The second kappa shape index (κ2) is 7.59. The van der Waals surface area contributed by atoms with Crippen LogP contribution >= 0.6 is 11.3 Å². The van der Waals surface area contributed by atoms with Crippen molar-refractivity contribution >= 4 is 27.5 Å². The zero-order valence-corrected chi connectivity index (χ0v) is 15.0. The molecule has 0 radical (unpaired) electrons. The number of hydrogen-bond donors (Lipinski definition) is 2. The fourth-order valence-electron chi connectivity index (χ4n) is 2.47. The molecule has 0 aliphatic carbocycles. The molecular formula is C18H22N4OS. The maximum Gasteiger partial charge on any atom is 0.223 e. The molecule has 1 aromatic carbocycles. The van der Waals surface area contributed by atoms with Gasteiger partial charge >= 0.3 is 0 Å². The first-order valence-corrected chi connectivity index (χ1v) is 8.88. The summed E-state index contributed by atoms with van der Waals surface area (Å²) in [5.41, 5.74) is 3.21. The molecular weight excluding hydrogens is 320 g/mol. The second-order valence-electron chi connectivity index (χ2n) is 5.88. The molecule has 0 atom stereocenters. The number of benzene rings is 1. The molecule has 5 nitrogen and oxygen atoms in total. The molecule has 0 amide bonds. The van der Waals surface area contributed by atoms with Gasteiger partial charge in [0.1, 0.15) is 5.75 Å². The zero-order valence-electron chi connectivity index (χ0n) is 14.2. The van der Waals surface area contributed by atoms with Crippen LogP contribution in [0.1, 0.15) is 25.1 Å². The summed E-state index contributed by atoms with van der Waals surface area (Å²) in [5.74, 6) is 1.56. The summed E-state index contributed by atoms with van der Waals surface area (Å²) in [6.07, 6.45) is 0. The van der Waals surface area contributed by atoms with E-state index in [0.717, 1.165) is 28.2 Å². The average Bonchev–Trinajstić information content (AvgIpc) is 3.03. The summed E-state index contributed by atoms with van der Waals surface area (Å²) in [4.78, 5) is 9.25. The molecule has 2 aromatic heterocycles. The maximum absolute atomic E-state index is 5.26. The molecule has 2 heterocycles. The second-order valence-corrected chi connectivity index (χ2v) is 6.80. The van der Waals surface area contributed by atoms with Gasteiger partial charge in [0.15, 0.2) is 0 Å². The van der Waals surface area contributed by atoms with E-state index in [2.05, 4.69) is 45.9 Å². The molecule has 3 aromatic rings. The summed E-state index contributed by atoms with van der Waals surface area (Å²) < 4.78 is 6.41. The van der Waals surface area contributed by atoms with E-state index >= 15 is 0 Å². The van der Waals surface area contributed by atoms with Gasteiger partial charge in [0.2, 0.25) is 5.95 Å². The van der Waals surface area contributed by atoms with Gasteiger partial charge in [0.05, 0.1) is 23.0 Å². The van der Waals surface area contributed by atoms with Gasteiger partial charge in [-0.15, -0.1) is 11.3 Å². The molecule has 0 spiro atoms. The molecule has 126 valence electrons. The Morgan fingerprint density at radius 3 is 2.83 bits per heavy atom. The van der Waals surface area contributed by atoms with Crippen molar-refractivity contribution in [1.82, 2.24) is 15.3 Å². The summed E-state index contributed by atoms with van der Waals surface area (Å²) in [5, 5.41) is 8.81. The van der Waals surface area contributed by atoms with E-state index in [1.165, 1.54) is 5.56 Å². The lowest BCUT2D eigenvalue weighted by molar-refractivity contribution is 0.414. The van der Waals surface area contributed by atoms with Gasteiger partial charge in [-0.25, -0.2) is 9.97 Å². The number of ether oxygens (including phenoxy) is 1. The number of methoxy groups -OCH3 is 1. The molecule has 24 heavy (non-hydrogen) atoms. The van der Waals surface area contributed by atoms with Crippen LogP contribution in [0.15, 0.2) is 35.7 Å². The molecule has 3 rings (SSSR count). The quantitative estimate of drug-likeness (QED) is 0.684. The average molecular weight is 342 g/mol. The van der Waals surface area contributed by atoms with Crippen molar-refractivity contribution in [3.8, 4) is 5.75 Å². The van der Waals surface area contributed by atoms with Crippen LogP contribution in [-0.2, 0) is 13.1 Å². The van der Waals surface area contributed by atoms with E-state index < -0.39 is 0 Å². The Morgan fingerprint density at radius 2 is 2.04 bits per heavy atom. The van der Waals surface area contributed by atoms with E-state index in [9.17, 15) is 0 Å². The Morgan fingerprint density at radius 1 is 1.17 bits per heavy atom. The summed E-state index contributed by atoms with van der Waals surface area (Å²) in [6.45, 7) is 5.63. The molecule has 0 aliphatic rings. The van der Waals surface area contributed by atoms with Crippen LogP contribution in [-0.4, -0.2) is 23.1 Å². The van der Waals surface area contributed by atoms with Crippen LogP contribution in [0, 0.1) is 0 Å². The fourth-order valence-corrected chi connectivity index (χ4v) is 3.30. The summed E-state index contributed by atoms with van der Waals surface area (Å²) >= 11 is 1.68. The highest BCUT2D eigenvalue weighted by Crippen LogP contribution is 2.24. The van der Waals surface area contributed by atoms with Crippen LogP contribution in [0.5, 0.6) is 5.75 Å². The van der Waals surface area contributed by atoms with Gasteiger partial charge in [-0.2, -0.15) is 0 Å². The molecule has 6 heteroatoms. The van der Waals surface area contributed by atoms with Gasteiger partial charge in [-0.05, 0) is 43.0 Å².